The molecule has 1 aromatic heterocycles. The van der Waals surface area contributed by atoms with E-state index in [-0.39, 0.29) is 40.0 Å². The number of aromatic nitrogens is 1. The molecule has 46 heavy (non-hydrogen) atoms. The fraction of sp³-hybridized carbons (Fsp3) is 0.143. The molecule has 0 atom stereocenters. The largest absolute Gasteiger partial charge is 0.478 e. The van der Waals surface area contributed by atoms with Crippen LogP contribution in [0, 0.1) is 0 Å². The molecule has 0 saturated carbocycles. The van der Waals surface area contributed by atoms with Gasteiger partial charge in [0.1, 0.15) is 5.52 Å². The summed E-state index contributed by atoms with van der Waals surface area (Å²) in [7, 11) is 0. The van der Waals surface area contributed by atoms with Gasteiger partial charge in [0.25, 0.3) is 17.7 Å². The third kappa shape index (κ3) is 4.97. The van der Waals surface area contributed by atoms with E-state index >= 15 is 0 Å². The Bertz CT molecular complexity index is 2090. The SMILES string of the molecule is CC(=O)c1ccc(N2CCN(C(=O)c3ccc4nc(-c5cccc(N6C(=O)c7ccc(C(=O)O)cc7C6=O)c5)oc4c3)CC2)cc1. The number of anilines is 2. The standard InChI is InChI=1S/C35H26N4O7/c1-20(40)21-5-9-25(10-6-21)37-13-15-38(16-14-37)32(41)23-8-12-29-30(19-23)46-31(36-29)22-3-2-4-26(17-22)39-33(42)27-11-7-24(35(44)45)18-28(27)34(39)43/h2-12,17-19H,13-16H2,1H3,(H,44,45). The van der Waals surface area contributed by atoms with Crippen molar-refractivity contribution < 1.29 is 33.5 Å². The Balaban J connectivity index is 1.07. The van der Waals surface area contributed by atoms with Crippen molar-refractivity contribution in [3.8, 4) is 11.5 Å². The molecule has 2 aliphatic heterocycles. The average Bonchev–Trinajstić information content (AvgIpc) is 3.62. The van der Waals surface area contributed by atoms with Gasteiger partial charge in [-0.05, 0) is 85.8 Å². The van der Waals surface area contributed by atoms with Crippen LogP contribution in [0.3, 0.4) is 0 Å². The summed E-state index contributed by atoms with van der Waals surface area (Å²) in [5, 5.41) is 9.30. The van der Waals surface area contributed by atoms with Crippen LogP contribution in [0.1, 0.15) is 58.7 Å². The minimum absolute atomic E-state index is 0.0201. The Kier molecular flexibility index (Phi) is 6.93. The van der Waals surface area contributed by atoms with Gasteiger partial charge in [0.05, 0.1) is 22.4 Å². The smallest absolute Gasteiger partial charge is 0.335 e. The van der Waals surface area contributed by atoms with Crippen molar-refractivity contribution in [2.45, 2.75) is 6.92 Å². The van der Waals surface area contributed by atoms with Crippen molar-refractivity contribution in [1.82, 2.24) is 9.88 Å². The second kappa shape index (κ2) is 11.1. The van der Waals surface area contributed by atoms with Crippen molar-refractivity contribution in [2.24, 2.45) is 0 Å². The number of imide groups is 1. The van der Waals surface area contributed by atoms with E-state index in [0.29, 0.717) is 54.0 Å². The zero-order chi connectivity index (χ0) is 32.1. The summed E-state index contributed by atoms with van der Waals surface area (Å²) in [6.07, 6.45) is 0. The van der Waals surface area contributed by atoms with E-state index in [2.05, 4.69) is 9.88 Å². The fourth-order valence-electron chi connectivity index (χ4n) is 5.82. The molecule has 228 valence electrons. The number of ketones is 1. The summed E-state index contributed by atoms with van der Waals surface area (Å²) in [6, 6.07) is 23.0. The molecule has 1 fully saturated rings. The fourth-order valence-corrected chi connectivity index (χ4v) is 5.82. The number of carboxylic acid groups (broad SMARTS) is 1. The first kappa shape index (κ1) is 28.7. The van der Waals surface area contributed by atoms with Crippen molar-refractivity contribution in [3.05, 3.63) is 113 Å². The molecule has 7 rings (SSSR count). The lowest BCUT2D eigenvalue weighted by Crippen LogP contribution is -2.48. The first-order chi connectivity index (χ1) is 22.2. The van der Waals surface area contributed by atoms with Crippen LogP contribution in [-0.2, 0) is 0 Å². The molecule has 1 saturated heterocycles. The molecule has 0 spiro atoms. The van der Waals surface area contributed by atoms with Crippen LogP contribution in [-0.4, -0.2) is 70.6 Å². The Morgan fingerprint density at radius 1 is 0.739 bits per heavy atom. The zero-order valence-corrected chi connectivity index (χ0v) is 24.6. The van der Waals surface area contributed by atoms with Crippen molar-refractivity contribution >= 4 is 51.9 Å². The van der Waals surface area contributed by atoms with Gasteiger partial charge in [-0.15, -0.1) is 0 Å². The van der Waals surface area contributed by atoms with Gasteiger partial charge < -0.3 is 19.3 Å². The maximum atomic E-state index is 13.4. The van der Waals surface area contributed by atoms with Gasteiger partial charge in [0.2, 0.25) is 5.89 Å². The molecule has 11 heteroatoms. The molecule has 0 unspecified atom stereocenters. The number of Topliss-reactive ketones (excluding diaryl/α,β-unsaturated/α-hetero) is 1. The Hall–Kier alpha value is -6.10. The first-order valence-corrected chi connectivity index (χ1v) is 14.6. The van der Waals surface area contributed by atoms with Crippen molar-refractivity contribution in [1.29, 1.82) is 0 Å². The summed E-state index contributed by atoms with van der Waals surface area (Å²) < 4.78 is 6.04. The summed E-state index contributed by atoms with van der Waals surface area (Å²) in [5.74, 6) is -2.22. The van der Waals surface area contributed by atoms with Gasteiger partial charge in [-0.3, -0.25) is 19.2 Å². The van der Waals surface area contributed by atoms with Gasteiger partial charge in [0, 0.05) is 48.6 Å². The van der Waals surface area contributed by atoms with Crippen molar-refractivity contribution in [2.75, 3.05) is 36.0 Å². The predicted molar refractivity (Wildman–Crippen MR) is 169 cm³/mol. The number of hydrogen-bond acceptors (Lipinski definition) is 8. The van der Waals surface area contributed by atoms with E-state index in [1.165, 1.54) is 25.1 Å². The highest BCUT2D eigenvalue weighted by molar-refractivity contribution is 6.34. The number of carbonyl (C=O) groups is 5. The van der Waals surface area contributed by atoms with Crippen LogP contribution < -0.4 is 9.80 Å². The number of rotatable bonds is 6. The van der Waals surface area contributed by atoms with Crippen molar-refractivity contribution in [3.63, 3.8) is 0 Å². The third-order valence-corrected chi connectivity index (χ3v) is 8.33. The van der Waals surface area contributed by atoms with E-state index in [1.54, 1.807) is 47.4 Å². The maximum Gasteiger partial charge on any atom is 0.335 e. The molecular formula is C35H26N4O7. The number of carboxylic acids is 1. The molecule has 0 bridgehead atoms. The van der Waals surface area contributed by atoms with Crippen LogP contribution >= 0.6 is 0 Å². The van der Waals surface area contributed by atoms with E-state index in [1.807, 2.05) is 24.3 Å². The summed E-state index contributed by atoms with van der Waals surface area (Å²) in [4.78, 5) is 72.1. The van der Waals surface area contributed by atoms with E-state index in [9.17, 15) is 29.1 Å². The third-order valence-electron chi connectivity index (χ3n) is 8.33. The molecule has 2 aliphatic rings. The highest BCUT2D eigenvalue weighted by Gasteiger charge is 2.37. The number of oxazole rings is 1. The Morgan fingerprint density at radius 2 is 1.43 bits per heavy atom. The van der Waals surface area contributed by atoms with Gasteiger partial charge >= 0.3 is 5.97 Å². The molecule has 4 aromatic carbocycles. The number of fused-ring (bicyclic) bond motifs is 2. The number of benzene rings is 4. The minimum atomic E-state index is -1.19. The highest BCUT2D eigenvalue weighted by Crippen LogP contribution is 2.33. The number of amides is 3. The second-order valence-electron chi connectivity index (χ2n) is 11.1. The number of carbonyl (C=O) groups excluding carboxylic acids is 4. The van der Waals surface area contributed by atoms with Crippen LogP contribution in [0.2, 0.25) is 0 Å². The molecule has 3 amide bonds. The van der Waals surface area contributed by atoms with Crippen LogP contribution in [0.5, 0.6) is 0 Å². The topological polar surface area (TPSA) is 141 Å². The van der Waals surface area contributed by atoms with Gasteiger partial charge in [0.15, 0.2) is 11.4 Å². The monoisotopic (exact) mass is 614 g/mol. The number of hydrogen-bond donors (Lipinski definition) is 1. The molecule has 1 N–H and O–H groups in total. The van der Waals surface area contributed by atoms with Crippen LogP contribution in [0.25, 0.3) is 22.6 Å². The lowest BCUT2D eigenvalue weighted by Gasteiger charge is -2.36. The first-order valence-electron chi connectivity index (χ1n) is 14.6. The predicted octanol–water partition coefficient (Wildman–Crippen LogP) is 5.16. The molecule has 3 heterocycles. The second-order valence-corrected chi connectivity index (χ2v) is 11.1. The summed E-state index contributed by atoms with van der Waals surface area (Å²) in [6.45, 7) is 3.93. The zero-order valence-electron chi connectivity index (χ0n) is 24.6. The quantitative estimate of drug-likeness (QED) is 0.203. The van der Waals surface area contributed by atoms with Crippen LogP contribution in [0.4, 0.5) is 11.4 Å². The Labute approximate surface area is 262 Å². The molecule has 5 aromatic rings. The minimum Gasteiger partial charge on any atom is -0.478 e. The van der Waals surface area contributed by atoms with Gasteiger partial charge in [-0.25, -0.2) is 14.7 Å². The normalized spacial score (nSPS) is 14.6. The van der Waals surface area contributed by atoms with E-state index < -0.39 is 17.8 Å². The molecule has 11 nitrogen and oxygen atoms in total. The molecule has 0 aliphatic carbocycles. The lowest BCUT2D eigenvalue weighted by atomic mass is 10.1. The number of piperazine rings is 1. The Morgan fingerprint density at radius 3 is 2.15 bits per heavy atom. The molecular weight excluding hydrogens is 588 g/mol. The highest BCUT2D eigenvalue weighted by atomic mass is 16.4. The van der Waals surface area contributed by atoms with Gasteiger partial charge in [-0.2, -0.15) is 0 Å². The lowest BCUT2D eigenvalue weighted by molar-refractivity contribution is 0.0694. The average molecular weight is 615 g/mol. The molecule has 0 radical (unpaired) electrons. The summed E-state index contributed by atoms with van der Waals surface area (Å²) >= 11 is 0. The number of nitrogens with zero attached hydrogens (tertiary/aromatic N) is 4. The van der Waals surface area contributed by atoms with E-state index in [0.717, 1.165) is 10.6 Å². The van der Waals surface area contributed by atoms with E-state index in [4.69, 9.17) is 4.42 Å². The number of aromatic carboxylic acids is 1. The van der Waals surface area contributed by atoms with Crippen LogP contribution in [0.15, 0.2) is 89.3 Å². The maximum absolute atomic E-state index is 13.4. The van der Waals surface area contributed by atoms with Gasteiger partial charge in [-0.1, -0.05) is 6.07 Å². The summed E-state index contributed by atoms with van der Waals surface area (Å²) in [5.41, 5.74) is 3.96.